The first kappa shape index (κ1) is 18.1. The van der Waals surface area contributed by atoms with E-state index in [0.29, 0.717) is 6.54 Å². The first-order chi connectivity index (χ1) is 9.84. The molecule has 4 nitrogen and oxygen atoms in total. The monoisotopic (exact) mass is 334 g/mol. The maximum atomic E-state index is 14.4. The number of benzene rings is 1. The van der Waals surface area contributed by atoms with Crippen LogP contribution in [0.15, 0.2) is 29.7 Å². The van der Waals surface area contributed by atoms with Gasteiger partial charge in [0, 0.05) is 30.7 Å². The first-order valence-corrected chi connectivity index (χ1v) is 8.42. The maximum absolute atomic E-state index is 14.4. The van der Waals surface area contributed by atoms with Crippen molar-refractivity contribution in [2.24, 2.45) is 0 Å². The summed E-state index contributed by atoms with van der Waals surface area (Å²) < 4.78 is 40.1. The van der Waals surface area contributed by atoms with E-state index in [1.54, 1.807) is 0 Å². The third-order valence-electron chi connectivity index (χ3n) is 2.90. The molecule has 0 aromatic heterocycles. The Morgan fingerprint density at radius 3 is 2.71 bits per heavy atom. The second kappa shape index (κ2) is 7.89. The van der Waals surface area contributed by atoms with Crippen LogP contribution in [0.2, 0.25) is 5.02 Å². The van der Waals surface area contributed by atoms with Crippen LogP contribution in [-0.4, -0.2) is 32.9 Å². The fourth-order valence-corrected chi connectivity index (χ4v) is 3.36. The molecule has 118 valence electrons. The Labute approximate surface area is 130 Å². The van der Waals surface area contributed by atoms with Crippen LogP contribution in [0.3, 0.4) is 0 Å². The number of sulfonamides is 1. The van der Waals surface area contributed by atoms with Gasteiger partial charge in [0.15, 0.2) is 0 Å². The number of likely N-dealkylation sites (N-methyl/N-ethyl adjacent to an activating group) is 1. The van der Waals surface area contributed by atoms with Crippen LogP contribution in [0, 0.1) is 5.82 Å². The van der Waals surface area contributed by atoms with E-state index in [2.05, 4.69) is 11.9 Å². The molecule has 0 aliphatic heterocycles. The molecule has 1 N–H and O–H groups in total. The summed E-state index contributed by atoms with van der Waals surface area (Å²) in [5, 5.41) is 3.22. The van der Waals surface area contributed by atoms with E-state index in [1.807, 2.05) is 6.92 Å². The molecule has 0 saturated heterocycles. The standard InChI is InChI=1S/C14H20ClFN2O2S/c1-4-6-17-10-11-8-12(15)9-13(14(11)16)21(19,20)18(3)7-5-2/h5,8-9,17H,2,4,6-7,10H2,1,3H3. The summed E-state index contributed by atoms with van der Waals surface area (Å²) in [6, 6.07) is 2.57. The van der Waals surface area contributed by atoms with Gasteiger partial charge in [-0.15, -0.1) is 6.58 Å². The molecule has 1 aromatic rings. The van der Waals surface area contributed by atoms with Gasteiger partial charge in [-0.3, -0.25) is 0 Å². The van der Waals surface area contributed by atoms with E-state index < -0.39 is 20.7 Å². The van der Waals surface area contributed by atoms with Gasteiger partial charge in [-0.05, 0) is 25.1 Å². The molecule has 21 heavy (non-hydrogen) atoms. The molecule has 0 bridgehead atoms. The van der Waals surface area contributed by atoms with Crippen molar-refractivity contribution in [3.8, 4) is 0 Å². The number of hydrogen-bond donors (Lipinski definition) is 1. The van der Waals surface area contributed by atoms with Crippen LogP contribution in [0.4, 0.5) is 4.39 Å². The van der Waals surface area contributed by atoms with E-state index in [-0.39, 0.29) is 23.7 Å². The van der Waals surface area contributed by atoms with Crippen molar-refractivity contribution in [2.45, 2.75) is 24.8 Å². The molecule has 1 rings (SSSR count). The molecule has 7 heteroatoms. The van der Waals surface area contributed by atoms with Gasteiger partial charge < -0.3 is 5.32 Å². The van der Waals surface area contributed by atoms with Gasteiger partial charge >= 0.3 is 0 Å². The van der Waals surface area contributed by atoms with Gasteiger partial charge in [-0.25, -0.2) is 12.8 Å². The molecule has 0 aliphatic carbocycles. The Balaban J connectivity index is 3.21. The summed E-state index contributed by atoms with van der Waals surface area (Å²) in [6.07, 6.45) is 2.33. The third kappa shape index (κ3) is 4.51. The predicted octanol–water partition coefficient (Wildman–Crippen LogP) is 2.79. The van der Waals surface area contributed by atoms with E-state index in [1.165, 1.54) is 19.2 Å². The quantitative estimate of drug-likeness (QED) is 0.587. The molecule has 1 aromatic carbocycles. The molecular weight excluding hydrogens is 315 g/mol. The van der Waals surface area contributed by atoms with Crippen LogP contribution in [-0.2, 0) is 16.6 Å². The zero-order chi connectivity index (χ0) is 16.0. The smallest absolute Gasteiger partial charge is 0.246 e. The Bertz CT molecular complexity index is 605. The minimum atomic E-state index is -3.93. The number of nitrogens with zero attached hydrogens (tertiary/aromatic N) is 1. The van der Waals surface area contributed by atoms with Crippen molar-refractivity contribution in [3.63, 3.8) is 0 Å². The summed E-state index contributed by atoms with van der Waals surface area (Å²) in [5.41, 5.74) is 0.238. The predicted molar refractivity (Wildman–Crippen MR) is 83.4 cm³/mol. The van der Waals surface area contributed by atoms with Crippen LogP contribution in [0.25, 0.3) is 0 Å². The zero-order valence-corrected chi connectivity index (χ0v) is 13.8. The van der Waals surface area contributed by atoms with Crippen LogP contribution in [0.5, 0.6) is 0 Å². The lowest BCUT2D eigenvalue weighted by Gasteiger charge is -2.17. The van der Waals surface area contributed by atoms with Gasteiger partial charge in [0.2, 0.25) is 10.0 Å². The van der Waals surface area contributed by atoms with Crippen molar-refractivity contribution in [3.05, 3.63) is 41.2 Å². The van der Waals surface area contributed by atoms with Crippen molar-refractivity contribution >= 4 is 21.6 Å². The fourth-order valence-electron chi connectivity index (χ4n) is 1.78. The lowest BCUT2D eigenvalue weighted by Crippen LogP contribution is -2.28. The van der Waals surface area contributed by atoms with Crippen LogP contribution < -0.4 is 5.32 Å². The lowest BCUT2D eigenvalue weighted by molar-refractivity contribution is 0.486. The fraction of sp³-hybridized carbons (Fsp3) is 0.429. The van der Waals surface area contributed by atoms with Gasteiger partial charge in [0.25, 0.3) is 0 Å². The second-order valence-corrected chi connectivity index (χ2v) is 7.08. The Kier molecular flexibility index (Phi) is 6.80. The number of nitrogens with one attached hydrogen (secondary N) is 1. The van der Waals surface area contributed by atoms with E-state index in [0.717, 1.165) is 16.8 Å². The van der Waals surface area contributed by atoms with E-state index in [9.17, 15) is 12.8 Å². The summed E-state index contributed by atoms with van der Waals surface area (Å²) >= 11 is 5.93. The lowest BCUT2D eigenvalue weighted by atomic mass is 10.2. The summed E-state index contributed by atoms with van der Waals surface area (Å²) in [6.45, 7) is 6.50. The zero-order valence-electron chi connectivity index (χ0n) is 12.2. The SMILES string of the molecule is C=CCN(C)S(=O)(=O)c1cc(Cl)cc(CNCCC)c1F. The highest BCUT2D eigenvalue weighted by Gasteiger charge is 2.26. The molecular formula is C14H20ClFN2O2S. The minimum Gasteiger partial charge on any atom is -0.313 e. The number of rotatable bonds is 8. The molecule has 0 aliphatic rings. The van der Waals surface area contributed by atoms with Crippen molar-refractivity contribution in [2.75, 3.05) is 20.1 Å². The number of halogens is 2. The summed E-state index contributed by atoms with van der Waals surface area (Å²) in [4.78, 5) is -0.410. The van der Waals surface area contributed by atoms with Crippen molar-refractivity contribution in [1.29, 1.82) is 0 Å². The van der Waals surface area contributed by atoms with Gasteiger partial charge in [0.1, 0.15) is 10.7 Å². The Morgan fingerprint density at radius 1 is 1.48 bits per heavy atom. The van der Waals surface area contributed by atoms with E-state index in [4.69, 9.17) is 11.6 Å². The maximum Gasteiger partial charge on any atom is 0.246 e. The highest BCUT2D eigenvalue weighted by molar-refractivity contribution is 7.89. The molecule has 0 radical (unpaired) electrons. The highest BCUT2D eigenvalue weighted by Crippen LogP contribution is 2.26. The van der Waals surface area contributed by atoms with Gasteiger partial charge in [-0.2, -0.15) is 4.31 Å². The molecule has 0 spiro atoms. The van der Waals surface area contributed by atoms with Crippen LogP contribution >= 0.6 is 11.6 Å². The Hall–Kier alpha value is -0.950. The Morgan fingerprint density at radius 2 is 2.14 bits per heavy atom. The topological polar surface area (TPSA) is 49.4 Å². The molecule has 0 fully saturated rings. The summed E-state index contributed by atoms with van der Waals surface area (Å²) in [5.74, 6) is -0.765. The average molecular weight is 335 g/mol. The number of hydrogen-bond acceptors (Lipinski definition) is 3. The molecule has 0 unspecified atom stereocenters. The van der Waals surface area contributed by atoms with Gasteiger partial charge in [-0.1, -0.05) is 24.6 Å². The normalized spacial score (nSPS) is 11.9. The van der Waals surface area contributed by atoms with Crippen molar-refractivity contribution in [1.82, 2.24) is 9.62 Å². The third-order valence-corrected chi connectivity index (χ3v) is 4.94. The molecule has 0 saturated carbocycles. The van der Waals surface area contributed by atoms with Crippen molar-refractivity contribution < 1.29 is 12.8 Å². The van der Waals surface area contributed by atoms with Gasteiger partial charge in [0.05, 0.1) is 0 Å². The van der Waals surface area contributed by atoms with E-state index >= 15 is 0 Å². The summed E-state index contributed by atoms with van der Waals surface area (Å²) in [7, 11) is -2.57. The first-order valence-electron chi connectivity index (χ1n) is 6.60. The second-order valence-electron chi connectivity index (χ2n) is 4.63. The average Bonchev–Trinajstić information content (AvgIpc) is 2.42. The highest BCUT2D eigenvalue weighted by atomic mass is 35.5. The largest absolute Gasteiger partial charge is 0.313 e. The minimum absolute atomic E-state index is 0.0949. The molecule has 0 amide bonds. The molecule has 0 atom stereocenters. The van der Waals surface area contributed by atoms with Crippen LogP contribution in [0.1, 0.15) is 18.9 Å². The molecule has 0 heterocycles.